The van der Waals surface area contributed by atoms with Crippen LogP contribution in [0.1, 0.15) is 20.7 Å². The van der Waals surface area contributed by atoms with Crippen molar-refractivity contribution in [2.45, 2.75) is 4.90 Å². The summed E-state index contributed by atoms with van der Waals surface area (Å²) in [6.45, 7) is 0. The number of hydrogen-bond acceptors (Lipinski definition) is 4. The normalized spacial score (nSPS) is 15.2. The van der Waals surface area contributed by atoms with Crippen molar-refractivity contribution in [3.05, 3.63) is 58.1 Å². The quantitative estimate of drug-likeness (QED) is 0.804. The Bertz CT molecular complexity index is 1040. The molecule has 6 nitrogen and oxygen atoms in total. The molecule has 0 aliphatic carbocycles. The molecule has 0 aromatic heterocycles. The van der Waals surface area contributed by atoms with Crippen molar-refractivity contribution in [2.75, 3.05) is 12.4 Å². The van der Waals surface area contributed by atoms with Crippen molar-refractivity contribution in [1.82, 2.24) is 4.31 Å². The minimum Gasteiger partial charge on any atom is -0.319 e. The predicted molar refractivity (Wildman–Crippen MR) is 85.0 cm³/mol. The molecular formula is C15H9ClF2N2O4S. The summed E-state index contributed by atoms with van der Waals surface area (Å²) < 4.78 is 51.8. The fraction of sp³-hybridized carbons (Fsp3) is 0.0667. The average Bonchev–Trinajstić information content (AvgIpc) is 2.72. The Labute approximate surface area is 146 Å². The molecule has 0 unspecified atom stereocenters. The fourth-order valence-corrected chi connectivity index (χ4v) is 3.85. The molecule has 3 rings (SSSR count). The zero-order valence-electron chi connectivity index (χ0n) is 12.5. The molecule has 0 atom stereocenters. The molecule has 0 fully saturated rings. The van der Waals surface area contributed by atoms with E-state index in [9.17, 15) is 26.8 Å². The highest BCUT2D eigenvalue weighted by atomic mass is 35.5. The van der Waals surface area contributed by atoms with E-state index in [-0.39, 0.29) is 21.0 Å². The Morgan fingerprint density at radius 2 is 1.88 bits per heavy atom. The second-order valence-electron chi connectivity index (χ2n) is 5.19. The molecule has 0 spiro atoms. The first kappa shape index (κ1) is 17.3. The highest BCUT2D eigenvalue weighted by molar-refractivity contribution is 7.90. The molecular weight excluding hydrogens is 378 g/mol. The summed E-state index contributed by atoms with van der Waals surface area (Å²) in [5.41, 5.74) is -0.712. The number of carbonyl (C=O) groups is 2. The SMILES string of the molecule is CN1C(=O)c2ccc(C(=O)Nc3cc(Cl)cc(F)c3F)cc2S1(=O)=O. The molecule has 10 heteroatoms. The predicted octanol–water partition coefficient (Wildman–Crippen LogP) is 2.64. The molecule has 0 saturated carbocycles. The Kier molecular flexibility index (Phi) is 4.00. The standard InChI is InChI=1S/C15H9ClF2N2O4S/c1-20-15(22)9-3-2-7(4-12(9)25(20,23)24)14(21)19-11-6-8(16)5-10(17)13(11)18/h2-6H,1H3,(H,19,21). The van der Waals surface area contributed by atoms with Crippen molar-refractivity contribution < 1.29 is 26.8 Å². The van der Waals surface area contributed by atoms with Crippen LogP contribution in [0.2, 0.25) is 5.02 Å². The molecule has 2 aromatic carbocycles. The molecule has 1 N–H and O–H groups in total. The Morgan fingerprint density at radius 1 is 1.20 bits per heavy atom. The third-order valence-electron chi connectivity index (χ3n) is 3.64. The van der Waals surface area contributed by atoms with Gasteiger partial charge in [0.05, 0.1) is 11.3 Å². The van der Waals surface area contributed by atoms with Gasteiger partial charge in [-0.05, 0) is 30.3 Å². The lowest BCUT2D eigenvalue weighted by atomic mass is 10.1. The van der Waals surface area contributed by atoms with Crippen molar-refractivity contribution in [3.8, 4) is 0 Å². The molecule has 1 aliphatic rings. The molecule has 1 heterocycles. The Hall–Kier alpha value is -2.52. The lowest BCUT2D eigenvalue weighted by Gasteiger charge is -2.08. The van der Waals surface area contributed by atoms with E-state index in [0.29, 0.717) is 4.31 Å². The van der Waals surface area contributed by atoms with Gasteiger partial charge in [0.2, 0.25) is 0 Å². The first-order chi connectivity index (χ1) is 11.6. The van der Waals surface area contributed by atoms with Crippen LogP contribution in [0, 0.1) is 11.6 Å². The molecule has 2 aromatic rings. The van der Waals surface area contributed by atoms with E-state index in [1.807, 2.05) is 0 Å². The summed E-state index contributed by atoms with van der Waals surface area (Å²) >= 11 is 5.62. The van der Waals surface area contributed by atoms with Crippen LogP contribution >= 0.6 is 11.6 Å². The van der Waals surface area contributed by atoms with Gasteiger partial charge < -0.3 is 5.32 Å². The molecule has 0 bridgehead atoms. The number of halogens is 3. The van der Waals surface area contributed by atoms with E-state index in [1.54, 1.807) is 0 Å². The van der Waals surface area contributed by atoms with E-state index in [1.165, 1.54) is 12.1 Å². The first-order valence-corrected chi connectivity index (χ1v) is 8.58. The number of nitrogens with one attached hydrogen (secondary N) is 1. The van der Waals surface area contributed by atoms with Crippen LogP contribution in [0.15, 0.2) is 35.2 Å². The van der Waals surface area contributed by atoms with E-state index >= 15 is 0 Å². The van der Waals surface area contributed by atoms with Gasteiger partial charge in [0.1, 0.15) is 4.90 Å². The maximum absolute atomic E-state index is 13.7. The number of fused-ring (bicyclic) bond motifs is 1. The Morgan fingerprint density at radius 3 is 2.56 bits per heavy atom. The van der Waals surface area contributed by atoms with E-state index < -0.39 is 39.2 Å². The van der Waals surface area contributed by atoms with E-state index in [4.69, 9.17) is 11.6 Å². The highest BCUT2D eigenvalue weighted by Crippen LogP contribution is 2.30. The molecule has 130 valence electrons. The van der Waals surface area contributed by atoms with Gasteiger partial charge in [-0.25, -0.2) is 21.5 Å². The number of hydrogen-bond donors (Lipinski definition) is 1. The molecule has 1 aliphatic heterocycles. The van der Waals surface area contributed by atoms with Crippen molar-refractivity contribution in [3.63, 3.8) is 0 Å². The average molecular weight is 387 g/mol. The van der Waals surface area contributed by atoms with Crippen molar-refractivity contribution in [1.29, 1.82) is 0 Å². The lowest BCUT2D eigenvalue weighted by Crippen LogP contribution is -2.24. The van der Waals surface area contributed by atoms with Crippen LogP contribution in [-0.2, 0) is 10.0 Å². The van der Waals surface area contributed by atoms with Gasteiger partial charge in [-0.15, -0.1) is 0 Å². The first-order valence-electron chi connectivity index (χ1n) is 6.76. The topological polar surface area (TPSA) is 83.6 Å². The van der Waals surface area contributed by atoms with Gasteiger partial charge in [0.15, 0.2) is 11.6 Å². The maximum Gasteiger partial charge on any atom is 0.268 e. The van der Waals surface area contributed by atoms with Crippen LogP contribution in [-0.4, -0.2) is 31.6 Å². The number of benzene rings is 2. The fourth-order valence-electron chi connectivity index (χ4n) is 2.32. The zero-order valence-corrected chi connectivity index (χ0v) is 14.1. The second-order valence-corrected chi connectivity index (χ2v) is 7.57. The van der Waals surface area contributed by atoms with Crippen LogP contribution < -0.4 is 5.32 Å². The maximum atomic E-state index is 13.7. The summed E-state index contributed by atoms with van der Waals surface area (Å²) in [6.07, 6.45) is 0. The third-order valence-corrected chi connectivity index (χ3v) is 5.64. The highest BCUT2D eigenvalue weighted by Gasteiger charge is 2.39. The molecule has 2 amide bonds. The summed E-state index contributed by atoms with van der Waals surface area (Å²) in [6, 6.07) is 5.15. The number of nitrogens with zero attached hydrogens (tertiary/aromatic N) is 1. The second kappa shape index (κ2) is 5.78. The third kappa shape index (κ3) is 2.75. The van der Waals surface area contributed by atoms with Gasteiger partial charge in [-0.2, -0.15) is 0 Å². The van der Waals surface area contributed by atoms with Crippen LogP contribution in [0.5, 0.6) is 0 Å². The van der Waals surface area contributed by atoms with Crippen molar-refractivity contribution in [2.24, 2.45) is 0 Å². The number of rotatable bonds is 2. The lowest BCUT2D eigenvalue weighted by molar-refractivity contribution is 0.0890. The van der Waals surface area contributed by atoms with Gasteiger partial charge in [-0.1, -0.05) is 11.6 Å². The number of anilines is 1. The zero-order chi connectivity index (χ0) is 18.5. The number of sulfonamides is 1. The van der Waals surface area contributed by atoms with Crippen molar-refractivity contribution >= 4 is 39.1 Å². The summed E-state index contributed by atoms with van der Waals surface area (Å²) in [7, 11) is -2.94. The monoisotopic (exact) mass is 386 g/mol. The summed E-state index contributed by atoms with van der Waals surface area (Å²) in [5, 5.41) is 1.99. The smallest absolute Gasteiger partial charge is 0.268 e. The van der Waals surface area contributed by atoms with Gasteiger partial charge in [0, 0.05) is 17.6 Å². The van der Waals surface area contributed by atoms with Gasteiger partial charge >= 0.3 is 0 Å². The van der Waals surface area contributed by atoms with E-state index in [0.717, 1.165) is 25.2 Å². The number of carbonyl (C=O) groups excluding carboxylic acids is 2. The number of amides is 2. The molecule has 25 heavy (non-hydrogen) atoms. The minimum atomic E-state index is -4.04. The summed E-state index contributed by atoms with van der Waals surface area (Å²) in [5.74, 6) is -4.15. The molecule has 0 saturated heterocycles. The van der Waals surface area contributed by atoms with Crippen LogP contribution in [0.25, 0.3) is 0 Å². The molecule has 0 radical (unpaired) electrons. The van der Waals surface area contributed by atoms with E-state index in [2.05, 4.69) is 5.32 Å². The van der Waals surface area contributed by atoms with Crippen LogP contribution in [0.3, 0.4) is 0 Å². The minimum absolute atomic E-state index is 0.0703. The van der Waals surface area contributed by atoms with Gasteiger partial charge in [-0.3, -0.25) is 9.59 Å². The summed E-state index contributed by atoms with van der Waals surface area (Å²) in [4.78, 5) is 23.7. The van der Waals surface area contributed by atoms with Crippen LogP contribution in [0.4, 0.5) is 14.5 Å². The Balaban J connectivity index is 1.99. The van der Waals surface area contributed by atoms with Gasteiger partial charge in [0.25, 0.3) is 21.8 Å². The largest absolute Gasteiger partial charge is 0.319 e.